The Labute approximate surface area is 673 Å². The summed E-state index contributed by atoms with van der Waals surface area (Å²) in [6, 6.07) is 15.7. The molecular weight excluding hydrogens is 1610 g/mol. The van der Waals surface area contributed by atoms with Crippen molar-refractivity contribution in [2.75, 3.05) is 93.6 Å². The first-order chi connectivity index (χ1) is 51.7. The zero-order chi connectivity index (χ0) is 76.7. The van der Waals surface area contributed by atoms with Crippen LogP contribution in [-0.4, -0.2) is 120 Å². The third kappa shape index (κ3) is 16.5. The second-order valence-corrected chi connectivity index (χ2v) is 30.5. The zero-order valence-electron chi connectivity index (χ0n) is 58.0. The van der Waals surface area contributed by atoms with E-state index in [1.165, 1.54) is 24.2 Å². The highest BCUT2D eigenvalue weighted by Gasteiger charge is 2.32. The van der Waals surface area contributed by atoms with Crippen molar-refractivity contribution in [2.24, 2.45) is 0 Å². The molecule has 12 heterocycles. The number of aryl methyl sites for hydroxylation is 4. The fraction of sp³-hybridized carbons (Fsp3) is 0.274. The zero-order valence-corrected chi connectivity index (χ0v) is 66.4. The van der Waals surface area contributed by atoms with Gasteiger partial charge in [-0.15, -0.1) is 11.3 Å². The van der Waals surface area contributed by atoms with Gasteiger partial charge in [-0.1, -0.05) is 116 Å². The number of thiophene rings is 1. The summed E-state index contributed by atoms with van der Waals surface area (Å²) in [6.07, 6.45) is 6.11. The molecule has 0 spiro atoms. The number of benzene rings is 5. The van der Waals surface area contributed by atoms with E-state index in [0.717, 1.165) is 117 Å². The quantitative estimate of drug-likeness (QED) is 0.0706. The standard InChI is InChI=1S/C21H21Cl2N5O2S.C13H12Cl2N4O.3C13H11Cl2N3O/c22-13-10-14(23)18-11(3-8-30-18)16(13)17-12-9-15(31-20(12)27-21(24)26-17)19(29)25-4-7-28-5-1-2-6-28;1-5-10(16)11(19-13(17)18-5)9-6-2-3-20-12(6)8(15)4-7(9)14;3*1-6-4-10(18-13(16)17-6)11-7-2-3-19-12(7)9(15)5-8(11)14/h9-10H,1-8H2,(H,25,29)(H2,24,26,27);4H,2-3,16H2,1H3,(H2,17,18,19);3*4-5H,2-3H2,1H3,(H2,16,17,18). The van der Waals surface area contributed by atoms with Crippen molar-refractivity contribution in [3.63, 3.8) is 0 Å². The van der Waals surface area contributed by atoms with E-state index >= 15 is 0 Å². The predicted octanol–water partition coefficient (Wildman–Crippen LogP) is 16.7. The molecule has 17 rings (SSSR count). The summed E-state index contributed by atoms with van der Waals surface area (Å²) in [5, 5.41) is 8.88. The van der Waals surface area contributed by atoms with Crippen LogP contribution in [0.5, 0.6) is 28.7 Å². The van der Waals surface area contributed by atoms with E-state index in [-0.39, 0.29) is 35.6 Å². The summed E-state index contributed by atoms with van der Waals surface area (Å²) in [5.74, 6) is 4.19. The van der Waals surface area contributed by atoms with E-state index in [9.17, 15) is 4.79 Å². The molecule has 1 amide bonds. The van der Waals surface area contributed by atoms with Crippen LogP contribution in [0.25, 0.3) is 66.5 Å². The van der Waals surface area contributed by atoms with Gasteiger partial charge in [0.1, 0.15) is 39.3 Å². The first-order valence-electron chi connectivity index (χ1n) is 33.7. The molecule has 6 aliphatic rings. The molecule has 0 radical (unpaired) electrons. The lowest BCUT2D eigenvalue weighted by Gasteiger charge is -2.14. The van der Waals surface area contributed by atoms with Crippen LogP contribution in [-0.2, 0) is 32.1 Å². The number of halogens is 10. The minimum atomic E-state index is -0.123. The Balaban J connectivity index is 0.000000121. The molecule has 0 saturated carbocycles. The van der Waals surface area contributed by atoms with Crippen LogP contribution in [0.15, 0.2) is 54.6 Å². The molecule has 1 saturated heterocycles. The maximum absolute atomic E-state index is 12.8. The van der Waals surface area contributed by atoms with Crippen LogP contribution in [0, 0.1) is 27.7 Å². The number of nitrogen functional groups attached to an aromatic ring is 6. The summed E-state index contributed by atoms with van der Waals surface area (Å²) < 4.78 is 27.9. The topological polar surface area (TPSA) is 364 Å². The van der Waals surface area contributed by atoms with E-state index in [0.29, 0.717) is 181 Å². The highest BCUT2D eigenvalue weighted by molar-refractivity contribution is 7.20. The molecule has 35 heteroatoms. The molecular formula is C73H66Cl10N18O6S. The van der Waals surface area contributed by atoms with E-state index in [4.69, 9.17) is 174 Å². The molecule has 6 aromatic heterocycles. The Hall–Kier alpha value is -8.41. The molecule has 0 bridgehead atoms. The maximum Gasteiger partial charge on any atom is 0.261 e. The van der Waals surface area contributed by atoms with E-state index in [2.05, 4.69) is 60.1 Å². The number of nitrogens with one attached hydrogen (secondary N) is 1. The number of ether oxygens (including phenoxy) is 5. The van der Waals surface area contributed by atoms with Crippen molar-refractivity contribution in [3.8, 4) is 85.0 Å². The number of fused-ring (bicyclic) bond motifs is 6. The van der Waals surface area contributed by atoms with Crippen LogP contribution >= 0.6 is 127 Å². The molecule has 108 heavy (non-hydrogen) atoms. The molecule has 560 valence electrons. The average molecular weight is 1680 g/mol. The van der Waals surface area contributed by atoms with Gasteiger partial charge >= 0.3 is 0 Å². The molecule has 5 aromatic carbocycles. The third-order valence-electron chi connectivity index (χ3n) is 18.0. The van der Waals surface area contributed by atoms with E-state index in [1.807, 2.05) is 45.0 Å². The normalized spacial score (nSPS) is 14.0. The molecule has 6 aliphatic heterocycles. The van der Waals surface area contributed by atoms with Gasteiger partial charge in [0.05, 0.1) is 122 Å². The minimum Gasteiger partial charge on any atom is -0.491 e. The summed E-state index contributed by atoms with van der Waals surface area (Å²) in [4.78, 5) is 58.4. The summed E-state index contributed by atoms with van der Waals surface area (Å²) >= 11 is 64.0. The molecule has 13 N–H and O–H groups in total. The molecule has 1 fully saturated rings. The molecule has 0 aliphatic carbocycles. The van der Waals surface area contributed by atoms with Crippen molar-refractivity contribution in [3.05, 3.63) is 160 Å². The second kappa shape index (κ2) is 33.0. The molecule has 0 unspecified atom stereocenters. The van der Waals surface area contributed by atoms with Crippen molar-refractivity contribution in [1.82, 2.24) is 60.1 Å². The Morgan fingerprint density at radius 1 is 0.407 bits per heavy atom. The number of likely N-dealkylation sites (tertiary alicyclic amines) is 1. The fourth-order valence-electron chi connectivity index (χ4n) is 13.5. The van der Waals surface area contributed by atoms with Crippen molar-refractivity contribution >= 4 is 179 Å². The molecule has 24 nitrogen and oxygen atoms in total. The number of hydrogen-bond donors (Lipinski definition) is 7. The lowest BCUT2D eigenvalue weighted by Crippen LogP contribution is -2.33. The highest BCUT2D eigenvalue weighted by atomic mass is 35.5. The summed E-state index contributed by atoms with van der Waals surface area (Å²) in [7, 11) is 0. The monoisotopic (exact) mass is 1670 g/mol. The molecule has 0 atom stereocenters. The van der Waals surface area contributed by atoms with Crippen LogP contribution in [0.4, 0.5) is 35.4 Å². The lowest BCUT2D eigenvalue weighted by molar-refractivity contribution is 0.0953. The second-order valence-electron chi connectivity index (χ2n) is 25.4. The van der Waals surface area contributed by atoms with Crippen molar-refractivity contribution in [2.45, 2.75) is 72.6 Å². The fourth-order valence-corrected chi connectivity index (χ4v) is 17.7. The number of anilines is 6. The Morgan fingerprint density at radius 3 is 1.10 bits per heavy atom. The Bertz CT molecular complexity index is 5090. The number of amides is 1. The number of nitrogens with zero attached hydrogens (tertiary/aromatic N) is 11. The summed E-state index contributed by atoms with van der Waals surface area (Å²) in [6.45, 7) is 13.9. The number of aromatic nitrogens is 10. The van der Waals surface area contributed by atoms with E-state index in [1.54, 1.807) is 37.3 Å². The van der Waals surface area contributed by atoms with Gasteiger partial charge in [0.2, 0.25) is 29.7 Å². The maximum atomic E-state index is 12.8. The van der Waals surface area contributed by atoms with Gasteiger partial charge in [-0.25, -0.2) is 49.8 Å². The van der Waals surface area contributed by atoms with Gasteiger partial charge in [0.25, 0.3) is 5.91 Å². The van der Waals surface area contributed by atoms with Gasteiger partial charge in [0, 0.05) is 123 Å². The first kappa shape index (κ1) is 77.7. The van der Waals surface area contributed by atoms with Crippen LogP contribution in [0.2, 0.25) is 50.2 Å². The van der Waals surface area contributed by atoms with Crippen LogP contribution in [0.1, 0.15) is 73.1 Å². The largest absolute Gasteiger partial charge is 0.491 e. The Kier molecular flexibility index (Phi) is 23.8. The SMILES string of the molecule is Cc1cc(-c2c(Cl)cc(Cl)c3c2CCO3)nc(N)n1.Cc1cc(-c2c(Cl)cc(Cl)c3c2CCO3)nc(N)n1.Cc1cc(-c2c(Cl)cc(Cl)c3c2CCO3)nc(N)n1.Cc1nc(N)nc(-c2c(Cl)cc(Cl)c3c2CCO3)c1N.Nc1nc(-c2c(Cl)cc(Cl)c3c2CCO3)c2cc(C(=O)NCCN3CCCC3)sc2n1. The summed E-state index contributed by atoms with van der Waals surface area (Å²) in [5.41, 5.74) is 50.3. The Morgan fingerprint density at radius 2 is 0.731 bits per heavy atom. The molecule has 11 aromatic rings. The highest BCUT2D eigenvalue weighted by Crippen LogP contribution is 2.51. The lowest BCUT2D eigenvalue weighted by atomic mass is 10.00. The minimum absolute atomic E-state index is 0.123. The van der Waals surface area contributed by atoms with Gasteiger partial charge in [-0.3, -0.25) is 4.79 Å². The first-order valence-corrected chi connectivity index (χ1v) is 38.3. The van der Waals surface area contributed by atoms with Crippen molar-refractivity contribution in [1.29, 1.82) is 0 Å². The number of carbonyl (C=O) groups excluding carboxylic acids is 1. The van der Waals surface area contributed by atoms with Gasteiger partial charge in [-0.2, -0.15) is 0 Å². The van der Waals surface area contributed by atoms with Crippen LogP contribution < -0.4 is 63.4 Å². The smallest absolute Gasteiger partial charge is 0.261 e. The number of rotatable bonds is 9. The van der Waals surface area contributed by atoms with Gasteiger partial charge in [-0.05, 0) is 108 Å². The third-order valence-corrected chi connectivity index (χ3v) is 21.9. The van der Waals surface area contributed by atoms with E-state index < -0.39 is 0 Å². The number of carbonyl (C=O) groups is 1. The van der Waals surface area contributed by atoms with Gasteiger partial charge < -0.3 is 68.3 Å². The number of hydrogen-bond acceptors (Lipinski definition) is 24. The predicted molar refractivity (Wildman–Crippen MR) is 432 cm³/mol. The number of nitrogens with two attached hydrogens (primary N) is 6. The van der Waals surface area contributed by atoms with Crippen LogP contribution in [0.3, 0.4) is 0 Å². The average Bonchev–Trinajstić information content (AvgIpc) is 1.58. The van der Waals surface area contributed by atoms with Crippen molar-refractivity contribution < 1.29 is 28.5 Å². The van der Waals surface area contributed by atoms with Gasteiger partial charge in [0.15, 0.2) is 0 Å².